The maximum atomic E-state index is 5.47. The van der Waals surface area contributed by atoms with Crippen LogP contribution in [-0.4, -0.2) is 19.9 Å². The van der Waals surface area contributed by atoms with Crippen molar-refractivity contribution in [3.63, 3.8) is 0 Å². The second-order valence-corrected chi connectivity index (χ2v) is 17.6. The van der Waals surface area contributed by atoms with Crippen LogP contribution in [0.1, 0.15) is 22.3 Å². The van der Waals surface area contributed by atoms with Crippen LogP contribution in [0.15, 0.2) is 228 Å². The van der Waals surface area contributed by atoms with Gasteiger partial charge in [-0.15, -0.1) is 0 Å². The Labute approximate surface area is 375 Å². The minimum atomic E-state index is -0.511. The summed E-state index contributed by atoms with van der Waals surface area (Å²) >= 11 is 1.87. The quantitative estimate of drug-likeness (QED) is 0.162. The van der Waals surface area contributed by atoms with Gasteiger partial charge in [-0.2, -0.15) is 0 Å². The first-order valence-corrected chi connectivity index (χ1v) is 22.4. The van der Waals surface area contributed by atoms with E-state index in [1.165, 1.54) is 48.7 Å². The molecule has 0 unspecified atom stereocenters. The Morgan fingerprint density at radius 3 is 1.44 bits per heavy atom. The van der Waals surface area contributed by atoms with Crippen molar-refractivity contribution >= 4 is 33.4 Å². The molecule has 0 atom stereocenters. The maximum absolute atomic E-state index is 5.47. The Morgan fingerprint density at radius 2 is 0.781 bits per heavy atom. The van der Waals surface area contributed by atoms with Crippen molar-refractivity contribution in [1.29, 1.82) is 0 Å². The van der Waals surface area contributed by atoms with Gasteiger partial charge in [0.2, 0.25) is 0 Å². The van der Waals surface area contributed by atoms with Crippen LogP contribution in [0.5, 0.6) is 0 Å². The first-order chi connectivity index (χ1) is 31.7. The lowest BCUT2D eigenvalue weighted by atomic mass is 9.67. The number of aromatic nitrogens is 4. The van der Waals surface area contributed by atoms with Crippen LogP contribution in [-0.2, 0) is 5.41 Å². The van der Waals surface area contributed by atoms with Gasteiger partial charge in [-0.1, -0.05) is 188 Å². The first kappa shape index (κ1) is 36.6. The molecular formula is C59H36N4S. The van der Waals surface area contributed by atoms with Crippen LogP contribution in [0.3, 0.4) is 0 Å². The van der Waals surface area contributed by atoms with Gasteiger partial charge < -0.3 is 0 Å². The van der Waals surface area contributed by atoms with Gasteiger partial charge in [0.05, 0.1) is 16.6 Å². The normalized spacial score (nSPS) is 13.1. The first-order valence-electron chi connectivity index (χ1n) is 21.6. The molecule has 1 aliphatic carbocycles. The second kappa shape index (κ2) is 14.6. The average Bonchev–Trinajstić information content (AvgIpc) is 3.65. The highest BCUT2D eigenvalue weighted by Gasteiger charge is 2.50. The van der Waals surface area contributed by atoms with Crippen molar-refractivity contribution in [2.75, 3.05) is 0 Å². The van der Waals surface area contributed by atoms with Gasteiger partial charge in [0.15, 0.2) is 17.5 Å². The third kappa shape index (κ3) is 5.64. The molecule has 13 rings (SSSR count). The van der Waals surface area contributed by atoms with Gasteiger partial charge in [0.25, 0.3) is 0 Å². The van der Waals surface area contributed by atoms with E-state index in [0.29, 0.717) is 17.5 Å². The van der Waals surface area contributed by atoms with E-state index in [4.69, 9.17) is 19.9 Å². The summed E-state index contributed by atoms with van der Waals surface area (Å²) < 4.78 is 0. The molecule has 64 heavy (non-hydrogen) atoms. The van der Waals surface area contributed by atoms with Crippen molar-refractivity contribution in [1.82, 2.24) is 19.9 Å². The van der Waals surface area contributed by atoms with E-state index < -0.39 is 5.41 Å². The van der Waals surface area contributed by atoms with Crippen LogP contribution in [0, 0.1) is 0 Å². The molecule has 298 valence electrons. The van der Waals surface area contributed by atoms with Crippen molar-refractivity contribution in [2.45, 2.75) is 15.2 Å². The summed E-state index contributed by atoms with van der Waals surface area (Å²) in [6.45, 7) is 0. The van der Waals surface area contributed by atoms with Crippen molar-refractivity contribution < 1.29 is 0 Å². The largest absolute Gasteiger partial charge is 0.247 e. The third-order valence-corrected chi connectivity index (χ3v) is 14.1. The van der Waals surface area contributed by atoms with E-state index in [9.17, 15) is 0 Å². The topological polar surface area (TPSA) is 51.6 Å². The Kier molecular flexibility index (Phi) is 8.33. The Morgan fingerprint density at radius 1 is 0.297 bits per heavy atom. The average molecular weight is 833 g/mol. The molecule has 0 N–H and O–H groups in total. The molecule has 9 aromatic carbocycles. The fourth-order valence-corrected chi connectivity index (χ4v) is 11.3. The summed E-state index contributed by atoms with van der Waals surface area (Å²) in [5.74, 6) is 1.85. The zero-order valence-corrected chi connectivity index (χ0v) is 35.3. The van der Waals surface area contributed by atoms with Gasteiger partial charge in [-0.05, 0) is 92.4 Å². The molecule has 0 saturated heterocycles. The van der Waals surface area contributed by atoms with Crippen LogP contribution in [0.4, 0.5) is 0 Å². The molecule has 1 aliphatic heterocycles. The van der Waals surface area contributed by atoms with Crippen molar-refractivity contribution in [3.8, 4) is 67.7 Å². The SMILES string of the molecule is c1ccc(-c2ccc(-c3nc(-c4ccccc4)nc(-c4ccc5nc(-c6ccccc6)c6cc7c(cc6c5c4)C4(c5ccccc5Sc5ccccc54)c4ccccc4-7)n3)cc2)cc1. The maximum Gasteiger partial charge on any atom is 0.164 e. The van der Waals surface area contributed by atoms with Crippen LogP contribution in [0.2, 0.25) is 0 Å². The van der Waals surface area contributed by atoms with Crippen molar-refractivity contribution in [2.24, 2.45) is 0 Å². The van der Waals surface area contributed by atoms with E-state index >= 15 is 0 Å². The summed E-state index contributed by atoms with van der Waals surface area (Å²) in [6, 6.07) is 78.0. The molecular weight excluding hydrogens is 797 g/mol. The van der Waals surface area contributed by atoms with Crippen molar-refractivity contribution in [3.05, 3.63) is 241 Å². The molecule has 11 aromatic rings. The van der Waals surface area contributed by atoms with E-state index in [1.54, 1.807) is 0 Å². The molecule has 0 saturated carbocycles. The van der Waals surface area contributed by atoms with Gasteiger partial charge in [0, 0.05) is 42.8 Å². The molecule has 0 amide bonds. The highest BCUT2D eigenvalue weighted by Crippen LogP contribution is 2.63. The van der Waals surface area contributed by atoms with Gasteiger partial charge >= 0.3 is 0 Å². The van der Waals surface area contributed by atoms with E-state index in [2.05, 4.69) is 194 Å². The standard InChI is InChI=1S/C59H36N4S/c1-4-16-37(17-5-1)38-28-30-41(31-29-38)57-61-56(40-20-8-3-9-21-40)62-58(63-57)42-32-33-52-46(34-42)44-36-51-45(35-47(44)55(60-52)39-18-6-2-7-19-39)43-22-10-11-23-48(43)59(51)49-24-12-14-26-53(49)64-54-27-15-13-25-50(54)59/h1-36H. The number of rotatable bonds is 5. The molecule has 0 bridgehead atoms. The Balaban J connectivity index is 1.07. The monoisotopic (exact) mass is 832 g/mol. The number of hydrogen-bond acceptors (Lipinski definition) is 5. The lowest BCUT2D eigenvalue weighted by Crippen LogP contribution is -2.31. The molecule has 2 aromatic heterocycles. The molecule has 0 fully saturated rings. The lowest BCUT2D eigenvalue weighted by molar-refractivity contribution is 0.723. The summed E-state index contributed by atoms with van der Waals surface area (Å²) in [7, 11) is 0. The zero-order chi connectivity index (χ0) is 42.2. The molecule has 4 nitrogen and oxygen atoms in total. The predicted molar refractivity (Wildman–Crippen MR) is 261 cm³/mol. The Bertz CT molecular complexity index is 3580. The van der Waals surface area contributed by atoms with Gasteiger partial charge in [-0.3, -0.25) is 0 Å². The molecule has 3 heterocycles. The van der Waals surface area contributed by atoms with Gasteiger partial charge in [-0.25, -0.2) is 19.9 Å². The Hall–Kier alpha value is -7.99. The van der Waals surface area contributed by atoms with E-state index in [-0.39, 0.29) is 0 Å². The minimum absolute atomic E-state index is 0.511. The number of nitrogens with zero attached hydrogens (tertiary/aromatic N) is 4. The number of benzene rings is 9. The number of fused-ring (bicyclic) bond motifs is 12. The molecule has 0 radical (unpaired) electrons. The fraction of sp³-hybridized carbons (Fsp3) is 0.0169. The minimum Gasteiger partial charge on any atom is -0.247 e. The second-order valence-electron chi connectivity index (χ2n) is 16.5. The molecule has 5 heteroatoms. The molecule has 1 spiro atoms. The van der Waals surface area contributed by atoms with Crippen LogP contribution in [0.25, 0.3) is 89.4 Å². The summed E-state index contributed by atoms with van der Waals surface area (Å²) in [4.78, 5) is 23.5. The smallest absolute Gasteiger partial charge is 0.164 e. The lowest BCUT2D eigenvalue weighted by Gasteiger charge is -2.39. The number of hydrogen-bond donors (Lipinski definition) is 0. The fourth-order valence-electron chi connectivity index (χ4n) is 10.1. The summed E-state index contributed by atoms with van der Waals surface area (Å²) in [5.41, 5.74) is 15.2. The van der Waals surface area contributed by atoms with Crippen LogP contribution >= 0.6 is 11.8 Å². The van der Waals surface area contributed by atoms with E-state index in [0.717, 1.165) is 55.2 Å². The third-order valence-electron chi connectivity index (χ3n) is 13.0. The predicted octanol–water partition coefficient (Wildman–Crippen LogP) is 14.7. The van der Waals surface area contributed by atoms with Gasteiger partial charge in [0.1, 0.15) is 0 Å². The zero-order valence-electron chi connectivity index (χ0n) is 34.5. The van der Waals surface area contributed by atoms with Crippen LogP contribution < -0.4 is 0 Å². The summed E-state index contributed by atoms with van der Waals surface area (Å²) in [6.07, 6.45) is 0. The highest BCUT2D eigenvalue weighted by molar-refractivity contribution is 7.99. The van der Waals surface area contributed by atoms with E-state index in [1.807, 2.05) is 36.0 Å². The number of pyridine rings is 1. The molecule has 2 aliphatic rings. The summed E-state index contributed by atoms with van der Waals surface area (Å²) in [5, 5.41) is 3.29. The highest BCUT2D eigenvalue weighted by atomic mass is 32.2.